The van der Waals surface area contributed by atoms with Gasteiger partial charge in [0, 0.05) is 20.6 Å². The summed E-state index contributed by atoms with van der Waals surface area (Å²) in [7, 11) is 1.58. The molecule has 1 rings (SSSR count). The van der Waals surface area contributed by atoms with E-state index in [-0.39, 0.29) is 24.3 Å². The Hall–Kier alpha value is -1.88. The van der Waals surface area contributed by atoms with Gasteiger partial charge in [-0.1, -0.05) is 30.3 Å². The van der Waals surface area contributed by atoms with Gasteiger partial charge in [0.25, 0.3) is 0 Å². The Morgan fingerprint density at radius 3 is 2.53 bits per heavy atom. The van der Waals surface area contributed by atoms with Gasteiger partial charge in [0.05, 0.1) is 19.1 Å². The Kier molecular flexibility index (Phi) is 6.60. The first-order valence-corrected chi connectivity index (χ1v) is 6.21. The second-order valence-electron chi connectivity index (χ2n) is 4.21. The minimum atomic E-state index is -0.304. The summed E-state index contributed by atoms with van der Waals surface area (Å²) in [6, 6.07) is 9.14. The van der Waals surface area contributed by atoms with Crippen molar-refractivity contribution in [1.29, 1.82) is 0 Å². The van der Waals surface area contributed by atoms with Gasteiger partial charge in [-0.2, -0.15) is 0 Å². The zero-order valence-electron chi connectivity index (χ0n) is 11.3. The summed E-state index contributed by atoms with van der Waals surface area (Å²) in [6.45, 7) is 2.39. The van der Waals surface area contributed by atoms with E-state index in [1.54, 1.807) is 7.11 Å². The molecule has 0 spiro atoms. The van der Waals surface area contributed by atoms with Crippen molar-refractivity contribution in [3.8, 4) is 0 Å². The number of benzene rings is 1. The van der Waals surface area contributed by atoms with Crippen LogP contribution in [0.3, 0.4) is 0 Å². The molecule has 19 heavy (non-hydrogen) atoms. The maximum absolute atomic E-state index is 11.8. The molecule has 0 unspecified atom stereocenters. The molecule has 0 saturated carbocycles. The maximum Gasteiger partial charge on any atom is 0.222 e. The fourth-order valence-electron chi connectivity index (χ4n) is 1.73. The normalized spacial score (nSPS) is 11.7. The topological polar surface area (TPSA) is 67.4 Å². The fourth-order valence-corrected chi connectivity index (χ4v) is 1.73. The van der Waals surface area contributed by atoms with Crippen LogP contribution < -0.4 is 10.6 Å². The monoisotopic (exact) mass is 264 g/mol. The van der Waals surface area contributed by atoms with Crippen molar-refractivity contribution in [1.82, 2.24) is 10.6 Å². The number of nitrogens with one attached hydrogen (secondary N) is 2. The van der Waals surface area contributed by atoms with Crippen molar-refractivity contribution in [3.05, 3.63) is 35.9 Å². The number of amides is 2. The minimum absolute atomic E-state index is 0.111. The van der Waals surface area contributed by atoms with Crippen molar-refractivity contribution in [3.63, 3.8) is 0 Å². The highest BCUT2D eigenvalue weighted by molar-refractivity contribution is 5.79. The van der Waals surface area contributed by atoms with E-state index in [9.17, 15) is 9.59 Å². The SMILES string of the molecule is COCCNC(=O)C[C@@H](NC(C)=O)c1ccccc1. The Balaban J connectivity index is 2.60. The first kappa shape index (κ1) is 15.2. The zero-order valence-corrected chi connectivity index (χ0v) is 11.3. The van der Waals surface area contributed by atoms with Gasteiger partial charge < -0.3 is 15.4 Å². The second-order valence-corrected chi connectivity index (χ2v) is 4.21. The first-order valence-electron chi connectivity index (χ1n) is 6.21. The quantitative estimate of drug-likeness (QED) is 0.722. The van der Waals surface area contributed by atoms with Crippen LogP contribution in [0, 0.1) is 0 Å². The molecule has 0 heterocycles. The van der Waals surface area contributed by atoms with Crippen LogP contribution in [0.25, 0.3) is 0 Å². The van der Waals surface area contributed by atoms with Crippen molar-refractivity contribution in [2.75, 3.05) is 20.3 Å². The van der Waals surface area contributed by atoms with E-state index in [0.717, 1.165) is 5.56 Å². The first-order chi connectivity index (χ1) is 9.13. The molecule has 0 aliphatic carbocycles. The van der Waals surface area contributed by atoms with E-state index in [1.165, 1.54) is 6.92 Å². The van der Waals surface area contributed by atoms with E-state index in [0.29, 0.717) is 13.2 Å². The minimum Gasteiger partial charge on any atom is -0.383 e. The van der Waals surface area contributed by atoms with Gasteiger partial charge in [0.1, 0.15) is 0 Å². The van der Waals surface area contributed by atoms with Crippen LogP contribution in [-0.4, -0.2) is 32.1 Å². The predicted octanol–water partition coefficient (Wildman–Crippen LogP) is 1.02. The molecule has 1 aromatic rings. The highest BCUT2D eigenvalue weighted by Crippen LogP contribution is 2.16. The molecule has 2 amide bonds. The molecule has 0 aromatic heterocycles. The van der Waals surface area contributed by atoms with E-state index in [2.05, 4.69) is 10.6 Å². The summed E-state index contributed by atoms with van der Waals surface area (Å²) in [5, 5.41) is 5.53. The molecule has 0 fully saturated rings. The number of carbonyl (C=O) groups is 2. The van der Waals surface area contributed by atoms with Gasteiger partial charge in [0.2, 0.25) is 11.8 Å². The van der Waals surface area contributed by atoms with Gasteiger partial charge >= 0.3 is 0 Å². The number of carbonyl (C=O) groups excluding carboxylic acids is 2. The molecule has 5 heteroatoms. The molecule has 0 aliphatic heterocycles. The van der Waals surface area contributed by atoms with E-state index in [4.69, 9.17) is 4.74 Å². The molecule has 104 valence electrons. The summed E-state index contributed by atoms with van der Waals surface area (Å²) in [5.41, 5.74) is 0.916. The third kappa shape index (κ3) is 6.01. The van der Waals surface area contributed by atoms with Gasteiger partial charge in [-0.05, 0) is 5.56 Å². The lowest BCUT2D eigenvalue weighted by Gasteiger charge is -2.18. The van der Waals surface area contributed by atoms with Crippen molar-refractivity contribution in [2.24, 2.45) is 0 Å². The number of methoxy groups -OCH3 is 1. The highest BCUT2D eigenvalue weighted by Gasteiger charge is 2.16. The van der Waals surface area contributed by atoms with Crippen LogP contribution in [-0.2, 0) is 14.3 Å². The van der Waals surface area contributed by atoms with Crippen LogP contribution in [0.2, 0.25) is 0 Å². The van der Waals surface area contributed by atoms with Crippen LogP contribution in [0.15, 0.2) is 30.3 Å². The van der Waals surface area contributed by atoms with E-state index >= 15 is 0 Å². The average molecular weight is 264 g/mol. The van der Waals surface area contributed by atoms with Crippen molar-refractivity contribution < 1.29 is 14.3 Å². The predicted molar refractivity (Wildman–Crippen MR) is 72.5 cm³/mol. The molecular weight excluding hydrogens is 244 g/mol. The molecule has 2 N–H and O–H groups in total. The van der Waals surface area contributed by atoms with Crippen LogP contribution in [0.1, 0.15) is 24.9 Å². The van der Waals surface area contributed by atoms with E-state index in [1.807, 2.05) is 30.3 Å². The molecular formula is C14H20N2O3. The number of hydrogen-bond acceptors (Lipinski definition) is 3. The summed E-state index contributed by atoms with van der Waals surface area (Å²) < 4.78 is 4.86. The lowest BCUT2D eigenvalue weighted by atomic mass is 10.0. The van der Waals surface area contributed by atoms with Crippen LogP contribution >= 0.6 is 0 Å². The Morgan fingerprint density at radius 2 is 1.95 bits per heavy atom. The Morgan fingerprint density at radius 1 is 1.26 bits per heavy atom. The highest BCUT2D eigenvalue weighted by atomic mass is 16.5. The molecule has 1 aromatic carbocycles. The van der Waals surface area contributed by atoms with Crippen LogP contribution in [0.4, 0.5) is 0 Å². The van der Waals surface area contributed by atoms with Gasteiger partial charge in [-0.25, -0.2) is 0 Å². The number of rotatable bonds is 7. The van der Waals surface area contributed by atoms with Gasteiger partial charge in [0.15, 0.2) is 0 Å². The summed E-state index contributed by atoms with van der Waals surface area (Å²) >= 11 is 0. The lowest BCUT2D eigenvalue weighted by molar-refractivity contribution is -0.122. The molecule has 0 bridgehead atoms. The molecule has 0 aliphatic rings. The van der Waals surface area contributed by atoms with Crippen molar-refractivity contribution in [2.45, 2.75) is 19.4 Å². The third-order valence-electron chi connectivity index (χ3n) is 2.60. The molecule has 0 saturated heterocycles. The third-order valence-corrected chi connectivity index (χ3v) is 2.60. The number of hydrogen-bond donors (Lipinski definition) is 2. The fraction of sp³-hybridized carbons (Fsp3) is 0.429. The van der Waals surface area contributed by atoms with Gasteiger partial charge in [-0.3, -0.25) is 9.59 Å². The number of ether oxygens (including phenoxy) is 1. The standard InChI is InChI=1S/C14H20N2O3/c1-11(17)16-13(12-6-4-3-5-7-12)10-14(18)15-8-9-19-2/h3-7,13H,8-10H2,1-2H3,(H,15,18)(H,16,17)/t13-/m1/s1. The second kappa shape index (κ2) is 8.26. The van der Waals surface area contributed by atoms with Crippen molar-refractivity contribution >= 4 is 11.8 Å². The Labute approximate surface area is 113 Å². The summed E-state index contributed by atoms with van der Waals surface area (Å²) in [6.07, 6.45) is 0.216. The van der Waals surface area contributed by atoms with E-state index < -0.39 is 0 Å². The molecule has 1 atom stereocenters. The zero-order chi connectivity index (χ0) is 14.1. The van der Waals surface area contributed by atoms with Gasteiger partial charge in [-0.15, -0.1) is 0 Å². The Bertz CT molecular complexity index is 406. The maximum atomic E-state index is 11.8. The molecule has 0 radical (unpaired) electrons. The summed E-state index contributed by atoms with van der Waals surface area (Å²) in [4.78, 5) is 23.0. The average Bonchev–Trinajstić information content (AvgIpc) is 2.39. The lowest BCUT2D eigenvalue weighted by Crippen LogP contribution is -2.33. The smallest absolute Gasteiger partial charge is 0.222 e. The van der Waals surface area contributed by atoms with Crippen LogP contribution in [0.5, 0.6) is 0 Å². The largest absolute Gasteiger partial charge is 0.383 e. The summed E-state index contributed by atoms with van der Waals surface area (Å²) in [5.74, 6) is -0.266. The molecule has 5 nitrogen and oxygen atoms in total.